The van der Waals surface area contributed by atoms with Gasteiger partial charge in [0, 0.05) is 10.5 Å². The highest BCUT2D eigenvalue weighted by molar-refractivity contribution is 9.10. The number of ether oxygens (including phenoxy) is 2. The third kappa shape index (κ3) is 4.28. The second kappa shape index (κ2) is 8.00. The monoisotopic (exact) mass is 413 g/mol. The number of nitrogens with one attached hydrogen (secondary N) is 1. The van der Waals surface area contributed by atoms with E-state index in [0.29, 0.717) is 16.6 Å². The first-order valence-electron chi connectivity index (χ1n) is 7.41. The first-order chi connectivity index (χ1) is 11.4. The molecule has 0 bridgehead atoms. The summed E-state index contributed by atoms with van der Waals surface area (Å²) in [5, 5.41) is 0. The Morgan fingerprint density at radius 3 is 2.29 bits per heavy atom. The lowest BCUT2D eigenvalue weighted by Crippen LogP contribution is -2.28. The molecule has 2 aromatic carbocycles. The maximum Gasteiger partial charge on any atom is 0.244 e. The van der Waals surface area contributed by atoms with Gasteiger partial charge in [-0.15, -0.1) is 0 Å². The van der Waals surface area contributed by atoms with Crippen molar-refractivity contribution in [1.82, 2.24) is 4.72 Å². The van der Waals surface area contributed by atoms with Crippen molar-refractivity contribution in [3.63, 3.8) is 0 Å². The number of methoxy groups -OCH3 is 2. The minimum Gasteiger partial charge on any atom is -0.497 e. The van der Waals surface area contributed by atoms with Crippen LogP contribution in [0.25, 0.3) is 0 Å². The maximum atomic E-state index is 12.8. The van der Waals surface area contributed by atoms with Gasteiger partial charge in [-0.05, 0) is 42.3 Å². The molecule has 1 N–H and O–H groups in total. The molecule has 1 atom stereocenters. The summed E-state index contributed by atoms with van der Waals surface area (Å²) >= 11 is 3.30. The molecule has 0 radical (unpaired) electrons. The Bertz CT molecular complexity index is 791. The zero-order valence-corrected chi connectivity index (χ0v) is 16.1. The molecule has 0 spiro atoms. The second-order valence-corrected chi connectivity index (χ2v) is 7.75. The van der Waals surface area contributed by atoms with Crippen molar-refractivity contribution in [1.29, 1.82) is 0 Å². The molecule has 2 rings (SSSR count). The van der Waals surface area contributed by atoms with Crippen LogP contribution in [0.15, 0.2) is 51.8 Å². The van der Waals surface area contributed by atoms with Crippen LogP contribution < -0.4 is 14.2 Å². The van der Waals surface area contributed by atoms with Gasteiger partial charge >= 0.3 is 0 Å². The predicted octanol–water partition coefficient (Wildman–Crippen LogP) is 3.90. The fourth-order valence-corrected chi connectivity index (χ4v) is 4.35. The zero-order valence-electron chi connectivity index (χ0n) is 13.7. The van der Waals surface area contributed by atoms with E-state index in [2.05, 4.69) is 20.7 Å². The fraction of sp³-hybridized carbons (Fsp3) is 0.294. The number of hydrogen-bond acceptors (Lipinski definition) is 4. The molecule has 0 saturated heterocycles. The minimum atomic E-state index is -3.74. The van der Waals surface area contributed by atoms with E-state index in [1.165, 1.54) is 13.2 Å². The van der Waals surface area contributed by atoms with Gasteiger partial charge in [-0.3, -0.25) is 0 Å². The summed E-state index contributed by atoms with van der Waals surface area (Å²) in [4.78, 5) is 0.103. The normalized spacial score (nSPS) is 12.7. The molecule has 0 aromatic heterocycles. The Morgan fingerprint density at radius 2 is 1.75 bits per heavy atom. The van der Waals surface area contributed by atoms with Crippen LogP contribution in [0, 0.1) is 0 Å². The van der Waals surface area contributed by atoms with Crippen molar-refractivity contribution in [3.05, 3.63) is 52.5 Å². The molecule has 1 unspecified atom stereocenters. The summed E-state index contributed by atoms with van der Waals surface area (Å²) in [5.74, 6) is 1.03. The maximum absolute atomic E-state index is 12.8. The second-order valence-electron chi connectivity index (χ2n) is 5.15. The van der Waals surface area contributed by atoms with Gasteiger partial charge in [0.15, 0.2) is 0 Å². The molecule has 0 aliphatic rings. The Labute approximate surface area is 151 Å². The SMILES string of the molecule is CCC(NS(=O)(=O)c1cc(Br)ccc1OC)c1ccc(OC)cc1. The third-order valence-electron chi connectivity index (χ3n) is 3.64. The molecule has 0 aliphatic heterocycles. The van der Waals surface area contributed by atoms with E-state index < -0.39 is 10.0 Å². The summed E-state index contributed by atoms with van der Waals surface area (Å²) in [6.07, 6.45) is 0.613. The van der Waals surface area contributed by atoms with Crippen molar-refractivity contribution in [3.8, 4) is 11.5 Å². The lowest BCUT2D eigenvalue weighted by Gasteiger charge is -2.19. The Morgan fingerprint density at radius 1 is 1.08 bits per heavy atom. The predicted molar refractivity (Wildman–Crippen MR) is 97.0 cm³/mol. The molecule has 0 aliphatic carbocycles. The molecule has 2 aromatic rings. The van der Waals surface area contributed by atoms with E-state index in [9.17, 15) is 8.42 Å². The van der Waals surface area contributed by atoms with Crippen molar-refractivity contribution in [2.75, 3.05) is 14.2 Å². The average Bonchev–Trinajstić information content (AvgIpc) is 2.59. The first-order valence-corrected chi connectivity index (χ1v) is 9.68. The van der Waals surface area contributed by atoms with Crippen LogP contribution in [0.1, 0.15) is 24.9 Å². The van der Waals surface area contributed by atoms with Crippen LogP contribution in [-0.4, -0.2) is 22.6 Å². The molecule has 130 valence electrons. The standard InChI is InChI=1S/C17H20BrNO4S/c1-4-15(12-5-8-14(22-2)9-6-12)19-24(20,21)17-11-13(18)7-10-16(17)23-3/h5-11,15,19H,4H2,1-3H3. The Hall–Kier alpha value is -1.57. The zero-order chi connectivity index (χ0) is 17.7. The summed E-state index contributed by atoms with van der Waals surface area (Å²) in [5.41, 5.74) is 0.871. The molecular weight excluding hydrogens is 394 g/mol. The highest BCUT2D eigenvalue weighted by Gasteiger charge is 2.24. The van der Waals surface area contributed by atoms with Crippen LogP contribution in [0.3, 0.4) is 0 Å². The van der Waals surface area contributed by atoms with E-state index in [0.717, 1.165) is 11.3 Å². The minimum absolute atomic E-state index is 0.103. The molecule has 5 nitrogen and oxygen atoms in total. The van der Waals surface area contributed by atoms with Crippen molar-refractivity contribution in [2.24, 2.45) is 0 Å². The Kier molecular flexibility index (Phi) is 6.26. The summed E-state index contributed by atoms with van der Waals surface area (Å²) in [6.45, 7) is 1.93. The highest BCUT2D eigenvalue weighted by Crippen LogP contribution is 2.29. The van der Waals surface area contributed by atoms with E-state index in [1.807, 2.05) is 31.2 Å². The van der Waals surface area contributed by atoms with Crippen LogP contribution in [0.2, 0.25) is 0 Å². The largest absolute Gasteiger partial charge is 0.497 e. The third-order valence-corrected chi connectivity index (χ3v) is 5.63. The van der Waals surface area contributed by atoms with Gasteiger partial charge in [-0.25, -0.2) is 13.1 Å². The van der Waals surface area contributed by atoms with Crippen LogP contribution in [-0.2, 0) is 10.0 Å². The quantitative estimate of drug-likeness (QED) is 0.747. The lowest BCUT2D eigenvalue weighted by atomic mass is 10.1. The van der Waals surface area contributed by atoms with Crippen LogP contribution >= 0.6 is 15.9 Å². The van der Waals surface area contributed by atoms with Crippen molar-refractivity contribution < 1.29 is 17.9 Å². The fourth-order valence-electron chi connectivity index (χ4n) is 2.33. The number of halogens is 1. The number of benzene rings is 2. The Balaban J connectivity index is 2.33. The lowest BCUT2D eigenvalue weighted by molar-refractivity contribution is 0.401. The summed E-state index contributed by atoms with van der Waals surface area (Å²) in [6, 6.07) is 11.9. The van der Waals surface area contributed by atoms with Gasteiger partial charge in [-0.1, -0.05) is 35.0 Å². The first kappa shape index (κ1) is 18.8. The van der Waals surface area contributed by atoms with E-state index in [4.69, 9.17) is 9.47 Å². The van der Waals surface area contributed by atoms with Gasteiger partial charge in [0.1, 0.15) is 16.4 Å². The van der Waals surface area contributed by atoms with Crippen molar-refractivity contribution in [2.45, 2.75) is 24.3 Å². The number of rotatable bonds is 7. The topological polar surface area (TPSA) is 64.6 Å². The number of sulfonamides is 1. The molecule has 0 amide bonds. The van der Waals surface area contributed by atoms with Gasteiger partial charge in [-0.2, -0.15) is 0 Å². The van der Waals surface area contributed by atoms with Crippen molar-refractivity contribution >= 4 is 26.0 Å². The van der Waals surface area contributed by atoms with Gasteiger partial charge in [0.2, 0.25) is 10.0 Å². The van der Waals surface area contributed by atoms with Gasteiger partial charge in [0.05, 0.1) is 14.2 Å². The molecular formula is C17H20BrNO4S. The van der Waals surface area contributed by atoms with Crippen LogP contribution in [0.4, 0.5) is 0 Å². The van der Waals surface area contributed by atoms with Gasteiger partial charge < -0.3 is 9.47 Å². The molecule has 0 saturated carbocycles. The summed E-state index contributed by atoms with van der Waals surface area (Å²) in [7, 11) is -0.698. The molecule has 7 heteroatoms. The number of hydrogen-bond donors (Lipinski definition) is 1. The average molecular weight is 414 g/mol. The van der Waals surface area contributed by atoms with E-state index in [1.54, 1.807) is 19.2 Å². The smallest absolute Gasteiger partial charge is 0.244 e. The molecule has 0 heterocycles. The van der Waals surface area contributed by atoms with E-state index >= 15 is 0 Å². The summed E-state index contributed by atoms with van der Waals surface area (Å²) < 4.78 is 39.3. The molecule has 0 fully saturated rings. The van der Waals surface area contributed by atoms with Gasteiger partial charge in [0.25, 0.3) is 0 Å². The van der Waals surface area contributed by atoms with Crippen LogP contribution in [0.5, 0.6) is 11.5 Å². The molecule has 24 heavy (non-hydrogen) atoms. The van der Waals surface area contributed by atoms with E-state index in [-0.39, 0.29) is 10.9 Å². The highest BCUT2D eigenvalue weighted by atomic mass is 79.9.